The highest BCUT2D eigenvalue weighted by atomic mass is 35.5. The van der Waals surface area contributed by atoms with E-state index in [2.05, 4.69) is 5.32 Å². The lowest BCUT2D eigenvalue weighted by Crippen LogP contribution is -2.49. The van der Waals surface area contributed by atoms with Crippen LogP contribution in [0.25, 0.3) is 0 Å². The van der Waals surface area contributed by atoms with Crippen molar-refractivity contribution in [3.63, 3.8) is 0 Å². The number of hydrogen-bond donors (Lipinski definition) is 1. The van der Waals surface area contributed by atoms with E-state index in [0.717, 1.165) is 17.4 Å². The largest absolute Gasteiger partial charge is 0.352 e. The number of carbonyl (C=O) groups excluding carboxylic acids is 2. The molecule has 0 spiro atoms. The summed E-state index contributed by atoms with van der Waals surface area (Å²) < 4.78 is 26.3. The molecule has 0 fully saturated rings. The van der Waals surface area contributed by atoms with Crippen LogP contribution in [0, 0.1) is 13.8 Å². The Hall–Kier alpha value is -2.58. The zero-order chi connectivity index (χ0) is 26.3. The normalized spacial score (nSPS) is 12.3. The van der Waals surface area contributed by atoms with E-state index in [0.29, 0.717) is 29.2 Å². The summed E-state index contributed by atoms with van der Waals surface area (Å²) in [6.07, 6.45) is 1.52. The fraction of sp³-hybridized carbons (Fsp3) is 0.462. The van der Waals surface area contributed by atoms with Gasteiger partial charge in [0.05, 0.1) is 11.9 Å². The van der Waals surface area contributed by atoms with E-state index in [9.17, 15) is 18.0 Å². The highest BCUT2D eigenvalue weighted by Crippen LogP contribution is 2.28. The number of carbonyl (C=O) groups is 2. The topological polar surface area (TPSA) is 86.8 Å². The number of sulfonamides is 1. The summed E-state index contributed by atoms with van der Waals surface area (Å²) >= 11 is 6.20. The van der Waals surface area contributed by atoms with Crippen LogP contribution in [0.3, 0.4) is 0 Å². The minimum Gasteiger partial charge on any atom is -0.352 e. The molecule has 1 N–H and O–H groups in total. The number of amides is 2. The number of benzene rings is 2. The Morgan fingerprint density at radius 2 is 1.69 bits per heavy atom. The summed E-state index contributed by atoms with van der Waals surface area (Å²) in [4.78, 5) is 27.6. The van der Waals surface area contributed by atoms with Crippen LogP contribution in [0.2, 0.25) is 5.02 Å². The lowest BCUT2D eigenvalue weighted by atomic mass is 10.1. The van der Waals surface area contributed by atoms with Crippen molar-refractivity contribution >= 4 is 39.1 Å². The molecule has 0 aromatic heterocycles. The smallest absolute Gasteiger partial charge is 0.242 e. The Kier molecular flexibility index (Phi) is 10.2. The predicted octanol–water partition coefficient (Wildman–Crippen LogP) is 4.44. The molecule has 0 aliphatic heterocycles. The van der Waals surface area contributed by atoms with Crippen LogP contribution >= 0.6 is 11.6 Å². The summed E-state index contributed by atoms with van der Waals surface area (Å²) in [5.74, 6) is -0.440. The number of aryl methyl sites for hydroxylation is 1. The average Bonchev–Trinajstić information content (AvgIpc) is 2.76. The van der Waals surface area contributed by atoms with Crippen LogP contribution in [0.1, 0.15) is 50.3 Å². The second-order valence-corrected chi connectivity index (χ2v) is 11.4. The van der Waals surface area contributed by atoms with Crippen molar-refractivity contribution in [1.82, 2.24) is 10.2 Å². The molecule has 0 radical (unpaired) electrons. The summed E-state index contributed by atoms with van der Waals surface area (Å²) in [6.45, 7) is 9.60. The average molecular weight is 522 g/mol. The van der Waals surface area contributed by atoms with Gasteiger partial charge in [-0.1, -0.05) is 41.9 Å². The standard InChI is InChI=1S/C26H36ClN3O4S/c1-18(2)28-26(32)21(5)29(17-22-12-8-7-11-19(22)3)25(31)15-10-16-30(35(6,33)34)24-14-9-13-23(27)20(24)4/h7-9,11-14,18,21H,10,15-17H2,1-6H3,(H,28,32). The first-order valence-electron chi connectivity index (χ1n) is 11.7. The molecule has 0 aliphatic carbocycles. The fourth-order valence-electron chi connectivity index (χ4n) is 3.81. The van der Waals surface area contributed by atoms with Gasteiger partial charge in [0.1, 0.15) is 6.04 Å². The van der Waals surface area contributed by atoms with E-state index in [4.69, 9.17) is 11.6 Å². The van der Waals surface area contributed by atoms with Gasteiger partial charge < -0.3 is 10.2 Å². The van der Waals surface area contributed by atoms with Crippen LogP contribution in [-0.2, 0) is 26.2 Å². The molecule has 0 bridgehead atoms. The first kappa shape index (κ1) is 28.7. The number of halogens is 1. The number of anilines is 1. The van der Waals surface area contributed by atoms with Crippen LogP contribution in [0.5, 0.6) is 0 Å². The highest BCUT2D eigenvalue weighted by Gasteiger charge is 2.27. The zero-order valence-electron chi connectivity index (χ0n) is 21.3. The third-order valence-corrected chi connectivity index (χ3v) is 7.45. The first-order chi connectivity index (χ1) is 16.3. The predicted molar refractivity (Wildman–Crippen MR) is 142 cm³/mol. The Labute approximate surface area is 214 Å². The van der Waals surface area contributed by atoms with Crippen LogP contribution in [0.4, 0.5) is 5.69 Å². The number of nitrogens with one attached hydrogen (secondary N) is 1. The maximum absolute atomic E-state index is 13.3. The molecule has 2 aromatic rings. The SMILES string of the molecule is Cc1ccccc1CN(C(=O)CCCN(c1cccc(Cl)c1C)S(C)(=O)=O)C(C)C(=O)NC(C)C. The number of nitrogens with zero attached hydrogens (tertiary/aromatic N) is 2. The van der Waals surface area contributed by atoms with Gasteiger partial charge in [-0.05, 0) is 69.9 Å². The second-order valence-electron chi connectivity index (χ2n) is 9.11. The van der Waals surface area contributed by atoms with Crippen molar-refractivity contribution in [2.45, 2.75) is 66.1 Å². The molecule has 192 valence electrons. The van der Waals surface area contributed by atoms with Crippen LogP contribution in [-0.4, -0.2) is 50.0 Å². The third kappa shape index (κ3) is 7.97. The summed E-state index contributed by atoms with van der Waals surface area (Å²) in [5.41, 5.74) is 3.14. The minimum absolute atomic E-state index is 0.0513. The molecule has 7 nitrogen and oxygen atoms in total. The molecule has 2 rings (SSSR count). The van der Waals surface area contributed by atoms with Crippen molar-refractivity contribution < 1.29 is 18.0 Å². The maximum atomic E-state index is 13.3. The van der Waals surface area contributed by atoms with E-state index in [1.807, 2.05) is 45.0 Å². The van der Waals surface area contributed by atoms with Gasteiger partial charge in [0.25, 0.3) is 0 Å². The van der Waals surface area contributed by atoms with Crippen molar-refractivity contribution in [3.05, 3.63) is 64.2 Å². The van der Waals surface area contributed by atoms with Gasteiger partial charge >= 0.3 is 0 Å². The Morgan fingerprint density at radius 3 is 2.29 bits per heavy atom. The van der Waals surface area contributed by atoms with Gasteiger partial charge in [-0.25, -0.2) is 8.42 Å². The van der Waals surface area contributed by atoms with Crippen LogP contribution < -0.4 is 9.62 Å². The van der Waals surface area contributed by atoms with Gasteiger partial charge in [0.15, 0.2) is 0 Å². The Morgan fingerprint density at radius 1 is 1.03 bits per heavy atom. The zero-order valence-corrected chi connectivity index (χ0v) is 22.9. The van der Waals surface area contributed by atoms with E-state index >= 15 is 0 Å². The highest BCUT2D eigenvalue weighted by molar-refractivity contribution is 7.92. The second kappa shape index (κ2) is 12.4. The molecule has 1 unspecified atom stereocenters. The van der Waals surface area contributed by atoms with Gasteiger partial charge in [0.2, 0.25) is 21.8 Å². The lowest BCUT2D eigenvalue weighted by molar-refractivity contribution is -0.140. The molecule has 9 heteroatoms. The van der Waals surface area contributed by atoms with Gasteiger partial charge in [-0.3, -0.25) is 13.9 Å². The molecular weight excluding hydrogens is 486 g/mol. The molecule has 2 aromatic carbocycles. The summed E-state index contributed by atoms with van der Waals surface area (Å²) in [7, 11) is -3.59. The molecule has 0 saturated carbocycles. The van der Waals surface area contributed by atoms with Gasteiger partial charge in [-0.2, -0.15) is 0 Å². The molecule has 35 heavy (non-hydrogen) atoms. The van der Waals surface area contributed by atoms with Crippen molar-refractivity contribution in [2.75, 3.05) is 17.1 Å². The Bertz CT molecular complexity index is 1150. The van der Waals surface area contributed by atoms with Gasteiger partial charge in [0, 0.05) is 30.6 Å². The summed E-state index contributed by atoms with van der Waals surface area (Å²) in [5, 5.41) is 3.35. The number of hydrogen-bond acceptors (Lipinski definition) is 4. The van der Waals surface area contributed by atoms with Crippen molar-refractivity contribution in [3.8, 4) is 0 Å². The molecule has 0 heterocycles. The van der Waals surface area contributed by atoms with Gasteiger partial charge in [-0.15, -0.1) is 0 Å². The minimum atomic E-state index is -3.59. The number of rotatable bonds is 11. The lowest BCUT2D eigenvalue weighted by Gasteiger charge is -2.30. The Balaban J connectivity index is 2.22. The maximum Gasteiger partial charge on any atom is 0.242 e. The van der Waals surface area contributed by atoms with Crippen LogP contribution in [0.15, 0.2) is 42.5 Å². The summed E-state index contributed by atoms with van der Waals surface area (Å²) in [6, 6.07) is 12.1. The van der Waals surface area contributed by atoms with E-state index in [1.54, 1.807) is 36.9 Å². The van der Waals surface area contributed by atoms with E-state index < -0.39 is 16.1 Å². The monoisotopic (exact) mass is 521 g/mol. The molecular formula is C26H36ClN3O4S. The molecule has 0 saturated heterocycles. The molecule has 1 atom stereocenters. The quantitative estimate of drug-likeness (QED) is 0.473. The van der Waals surface area contributed by atoms with E-state index in [-0.39, 0.29) is 30.8 Å². The molecule has 0 aliphatic rings. The fourth-order valence-corrected chi connectivity index (χ4v) is 4.99. The van der Waals surface area contributed by atoms with Crippen molar-refractivity contribution in [2.24, 2.45) is 0 Å². The first-order valence-corrected chi connectivity index (χ1v) is 13.9. The molecule has 2 amide bonds. The van der Waals surface area contributed by atoms with Crippen molar-refractivity contribution in [1.29, 1.82) is 0 Å². The van der Waals surface area contributed by atoms with E-state index in [1.165, 1.54) is 4.31 Å². The third-order valence-electron chi connectivity index (χ3n) is 5.86.